The Morgan fingerprint density at radius 2 is 1.23 bits per heavy atom. The predicted molar refractivity (Wildman–Crippen MR) is 93.1 cm³/mol. The molecule has 3 heteroatoms. The molecule has 0 fully saturated rings. The minimum Gasteiger partial charge on any atom is -0.392 e. The van der Waals surface area contributed by atoms with Gasteiger partial charge < -0.3 is 5.11 Å². The van der Waals surface area contributed by atoms with E-state index in [1.807, 2.05) is 24.3 Å². The van der Waals surface area contributed by atoms with Gasteiger partial charge in [-0.1, -0.05) is 69.3 Å². The molecule has 2 nitrogen and oxygen atoms in total. The third kappa shape index (κ3) is 4.79. The molecular weight excluding hydrogens is 292 g/mol. The zero-order valence-corrected chi connectivity index (χ0v) is 14.3. The molecule has 0 amide bonds. The fraction of sp³-hybridized carbons (Fsp3) is 0.368. The van der Waals surface area contributed by atoms with Crippen LogP contribution in [0.2, 0.25) is 0 Å². The summed E-state index contributed by atoms with van der Waals surface area (Å²) in [4.78, 5) is 0. The van der Waals surface area contributed by atoms with Crippen LogP contribution >= 0.6 is 0 Å². The lowest BCUT2D eigenvalue weighted by atomic mass is 9.87. The van der Waals surface area contributed by atoms with Crippen LogP contribution in [0.25, 0.3) is 0 Å². The molecule has 2 aromatic rings. The van der Waals surface area contributed by atoms with Crippen molar-refractivity contribution in [3.05, 3.63) is 70.8 Å². The molecule has 0 bridgehead atoms. The minimum atomic E-state index is -0.921. The van der Waals surface area contributed by atoms with Gasteiger partial charge >= 0.3 is 0 Å². The van der Waals surface area contributed by atoms with Crippen LogP contribution in [-0.4, -0.2) is 9.32 Å². The molecule has 2 aromatic carbocycles. The number of benzene rings is 2. The maximum absolute atomic E-state index is 12.3. The lowest BCUT2D eigenvalue weighted by molar-refractivity contribution is 0.282. The van der Waals surface area contributed by atoms with Crippen molar-refractivity contribution in [3.63, 3.8) is 0 Å². The lowest BCUT2D eigenvalue weighted by Crippen LogP contribution is -2.10. The molecule has 2 rings (SSSR count). The van der Waals surface area contributed by atoms with Gasteiger partial charge in [0.05, 0.1) is 6.61 Å². The highest BCUT2D eigenvalue weighted by Crippen LogP contribution is 2.22. The van der Waals surface area contributed by atoms with E-state index in [4.69, 9.17) is 5.11 Å². The molecule has 0 aliphatic rings. The van der Waals surface area contributed by atoms with E-state index >= 15 is 0 Å². The van der Waals surface area contributed by atoms with Gasteiger partial charge in [-0.25, -0.2) is 0 Å². The SMILES string of the molecule is CC(C)(C)c1ccc(CS(=O)Cc2ccc(CO)cc2)cc1. The summed E-state index contributed by atoms with van der Waals surface area (Å²) in [7, 11) is -0.921. The highest BCUT2D eigenvalue weighted by molar-refractivity contribution is 7.83. The van der Waals surface area contributed by atoms with E-state index in [0.717, 1.165) is 16.7 Å². The first kappa shape index (κ1) is 16.9. The van der Waals surface area contributed by atoms with Gasteiger partial charge in [-0.05, 0) is 27.7 Å². The summed E-state index contributed by atoms with van der Waals surface area (Å²) in [6.45, 7) is 6.62. The fourth-order valence-corrected chi connectivity index (χ4v) is 3.50. The van der Waals surface area contributed by atoms with Crippen LogP contribution in [0.4, 0.5) is 0 Å². The number of hydrogen-bond donors (Lipinski definition) is 1. The number of aliphatic hydroxyl groups excluding tert-OH is 1. The maximum Gasteiger partial charge on any atom is 0.0681 e. The average Bonchev–Trinajstić information content (AvgIpc) is 2.47. The van der Waals surface area contributed by atoms with E-state index < -0.39 is 10.8 Å². The third-order valence-corrected chi connectivity index (χ3v) is 4.99. The van der Waals surface area contributed by atoms with Gasteiger partial charge in [0.25, 0.3) is 0 Å². The summed E-state index contributed by atoms with van der Waals surface area (Å²) in [6, 6.07) is 16.0. The van der Waals surface area contributed by atoms with E-state index in [1.54, 1.807) is 0 Å². The molecular formula is C19H24O2S. The zero-order valence-electron chi connectivity index (χ0n) is 13.5. The molecule has 0 radical (unpaired) electrons. The summed E-state index contributed by atoms with van der Waals surface area (Å²) >= 11 is 0. The van der Waals surface area contributed by atoms with Gasteiger partial charge in [0.2, 0.25) is 0 Å². The second-order valence-corrected chi connectivity index (χ2v) is 8.11. The van der Waals surface area contributed by atoms with Gasteiger partial charge in [0.1, 0.15) is 0 Å². The Bertz CT molecular complexity index is 622. The largest absolute Gasteiger partial charge is 0.392 e. The van der Waals surface area contributed by atoms with Crippen LogP contribution in [0.1, 0.15) is 43.0 Å². The smallest absolute Gasteiger partial charge is 0.0681 e. The highest BCUT2D eigenvalue weighted by Gasteiger charge is 2.13. The summed E-state index contributed by atoms with van der Waals surface area (Å²) in [5.41, 5.74) is 4.47. The zero-order chi connectivity index (χ0) is 16.2. The first-order valence-electron chi connectivity index (χ1n) is 7.51. The van der Waals surface area contributed by atoms with Crippen molar-refractivity contribution in [2.45, 2.75) is 44.3 Å². The van der Waals surface area contributed by atoms with Crippen molar-refractivity contribution >= 4 is 10.8 Å². The summed E-state index contributed by atoms with van der Waals surface area (Å²) in [5, 5.41) is 9.02. The van der Waals surface area contributed by atoms with Crippen molar-refractivity contribution in [2.75, 3.05) is 0 Å². The van der Waals surface area contributed by atoms with Crippen LogP contribution in [0.15, 0.2) is 48.5 Å². The van der Waals surface area contributed by atoms with Gasteiger partial charge in [0, 0.05) is 22.3 Å². The normalized spacial score (nSPS) is 13.1. The van der Waals surface area contributed by atoms with E-state index in [2.05, 4.69) is 45.0 Å². The van der Waals surface area contributed by atoms with Crippen LogP contribution in [0, 0.1) is 0 Å². The molecule has 1 atom stereocenters. The minimum absolute atomic E-state index is 0.0451. The average molecular weight is 316 g/mol. The molecule has 0 aliphatic carbocycles. The fourth-order valence-electron chi connectivity index (χ4n) is 2.26. The van der Waals surface area contributed by atoms with Crippen molar-refractivity contribution in [2.24, 2.45) is 0 Å². The van der Waals surface area contributed by atoms with Crippen LogP contribution in [0.3, 0.4) is 0 Å². The Morgan fingerprint density at radius 1 is 0.818 bits per heavy atom. The van der Waals surface area contributed by atoms with Gasteiger partial charge in [-0.3, -0.25) is 4.21 Å². The van der Waals surface area contributed by atoms with Gasteiger partial charge in [0.15, 0.2) is 0 Å². The summed E-state index contributed by atoms with van der Waals surface area (Å²) in [5.74, 6) is 1.12. The Hall–Kier alpha value is -1.45. The van der Waals surface area contributed by atoms with Crippen molar-refractivity contribution in [1.29, 1.82) is 0 Å². The monoisotopic (exact) mass is 316 g/mol. The Morgan fingerprint density at radius 3 is 1.64 bits per heavy atom. The molecule has 0 aliphatic heterocycles. The quantitative estimate of drug-likeness (QED) is 0.907. The topological polar surface area (TPSA) is 37.3 Å². The van der Waals surface area contributed by atoms with Crippen molar-refractivity contribution in [3.8, 4) is 0 Å². The summed E-state index contributed by atoms with van der Waals surface area (Å²) < 4.78 is 12.3. The number of rotatable bonds is 5. The van der Waals surface area contributed by atoms with Gasteiger partial charge in [-0.2, -0.15) is 0 Å². The van der Waals surface area contributed by atoms with Gasteiger partial charge in [-0.15, -0.1) is 0 Å². The lowest BCUT2D eigenvalue weighted by Gasteiger charge is -2.19. The molecule has 0 aromatic heterocycles. The first-order valence-corrected chi connectivity index (χ1v) is 9.00. The third-order valence-electron chi connectivity index (χ3n) is 3.68. The van der Waals surface area contributed by atoms with Crippen LogP contribution in [0.5, 0.6) is 0 Å². The van der Waals surface area contributed by atoms with Crippen molar-refractivity contribution in [1.82, 2.24) is 0 Å². The van der Waals surface area contributed by atoms with Crippen LogP contribution in [-0.2, 0) is 34.3 Å². The molecule has 118 valence electrons. The second-order valence-electron chi connectivity index (χ2n) is 6.65. The molecule has 0 heterocycles. The van der Waals surface area contributed by atoms with E-state index in [-0.39, 0.29) is 12.0 Å². The maximum atomic E-state index is 12.3. The molecule has 1 N–H and O–H groups in total. The molecule has 0 saturated carbocycles. The van der Waals surface area contributed by atoms with Crippen LogP contribution < -0.4 is 0 Å². The highest BCUT2D eigenvalue weighted by atomic mass is 32.2. The Labute approximate surface area is 135 Å². The molecule has 1 unspecified atom stereocenters. The molecule has 0 spiro atoms. The first-order chi connectivity index (χ1) is 10.4. The Kier molecular flexibility index (Phi) is 5.54. The Balaban J connectivity index is 1.96. The predicted octanol–water partition coefficient (Wildman–Crippen LogP) is 3.93. The standard InChI is InChI=1S/C19H24O2S/c1-19(2,3)18-10-8-17(9-11-18)14-22(21)13-16-6-4-15(12-20)5-7-16/h4-11,20H,12-14H2,1-3H3. The second kappa shape index (κ2) is 7.21. The number of aliphatic hydroxyl groups is 1. The number of hydrogen-bond acceptors (Lipinski definition) is 2. The van der Waals surface area contributed by atoms with E-state index in [0.29, 0.717) is 11.5 Å². The van der Waals surface area contributed by atoms with E-state index in [1.165, 1.54) is 5.56 Å². The summed E-state index contributed by atoms with van der Waals surface area (Å²) in [6.07, 6.45) is 0. The molecule has 22 heavy (non-hydrogen) atoms. The van der Waals surface area contributed by atoms with E-state index in [9.17, 15) is 4.21 Å². The molecule has 0 saturated heterocycles. The van der Waals surface area contributed by atoms with Crippen molar-refractivity contribution < 1.29 is 9.32 Å².